The Kier molecular flexibility index (Phi) is 5.16. The summed E-state index contributed by atoms with van der Waals surface area (Å²) in [6, 6.07) is 12.1. The lowest BCUT2D eigenvalue weighted by molar-refractivity contribution is -0.112. The van der Waals surface area contributed by atoms with Gasteiger partial charge in [-0.25, -0.2) is 4.39 Å². The third kappa shape index (κ3) is 3.85. The van der Waals surface area contributed by atoms with Crippen molar-refractivity contribution >= 4 is 40.9 Å². The summed E-state index contributed by atoms with van der Waals surface area (Å²) in [4.78, 5) is 12.1. The number of carbonyl (C=O) groups is 1. The highest BCUT2D eigenvalue weighted by molar-refractivity contribution is 6.44. The molecule has 1 amide bonds. The van der Waals surface area contributed by atoms with Crippen LogP contribution in [0.3, 0.4) is 0 Å². The van der Waals surface area contributed by atoms with Gasteiger partial charge in [-0.15, -0.1) is 0 Å². The molecule has 0 saturated heterocycles. The third-order valence-electron chi connectivity index (χ3n) is 2.72. The van der Waals surface area contributed by atoms with Crippen molar-refractivity contribution in [3.63, 3.8) is 0 Å². The molecule has 0 aliphatic rings. The summed E-state index contributed by atoms with van der Waals surface area (Å²) in [6.45, 7) is 0. The quantitative estimate of drug-likeness (QED) is 0.654. The Labute approximate surface area is 136 Å². The molecule has 110 valence electrons. The molecule has 0 unspecified atom stereocenters. The van der Waals surface area contributed by atoms with Gasteiger partial charge in [0.25, 0.3) is 5.91 Å². The van der Waals surface area contributed by atoms with Crippen molar-refractivity contribution in [3.8, 4) is 6.07 Å². The Morgan fingerprint density at radius 3 is 2.64 bits per heavy atom. The van der Waals surface area contributed by atoms with Crippen molar-refractivity contribution in [2.45, 2.75) is 0 Å². The topological polar surface area (TPSA) is 52.9 Å². The van der Waals surface area contributed by atoms with E-state index in [4.69, 9.17) is 28.5 Å². The minimum Gasteiger partial charge on any atom is -0.320 e. The summed E-state index contributed by atoms with van der Waals surface area (Å²) in [7, 11) is 0. The molecule has 2 rings (SSSR count). The summed E-state index contributed by atoms with van der Waals surface area (Å²) in [5, 5.41) is 12.1. The number of rotatable bonds is 3. The molecule has 0 fully saturated rings. The van der Waals surface area contributed by atoms with Crippen LogP contribution in [0.5, 0.6) is 0 Å². The second-order valence-electron chi connectivity index (χ2n) is 4.28. The summed E-state index contributed by atoms with van der Waals surface area (Å²) < 4.78 is 13.1. The highest BCUT2D eigenvalue weighted by atomic mass is 35.5. The summed E-state index contributed by atoms with van der Waals surface area (Å²) in [6.07, 6.45) is 1.29. The largest absolute Gasteiger partial charge is 0.320 e. The fourth-order valence-electron chi connectivity index (χ4n) is 1.70. The number of carbonyl (C=O) groups excluding carboxylic acids is 1. The van der Waals surface area contributed by atoms with Gasteiger partial charge in [0.05, 0.1) is 15.7 Å². The first kappa shape index (κ1) is 16.0. The Balaban J connectivity index is 2.26. The van der Waals surface area contributed by atoms with E-state index in [1.807, 2.05) is 0 Å². The zero-order chi connectivity index (χ0) is 16.1. The number of nitriles is 1. The minimum atomic E-state index is -0.657. The van der Waals surface area contributed by atoms with Gasteiger partial charge < -0.3 is 5.32 Å². The maximum atomic E-state index is 13.1. The molecule has 3 nitrogen and oxygen atoms in total. The van der Waals surface area contributed by atoms with Crippen molar-refractivity contribution in [2.24, 2.45) is 0 Å². The van der Waals surface area contributed by atoms with Crippen LogP contribution in [0.1, 0.15) is 5.56 Å². The molecule has 0 saturated carbocycles. The first-order valence-corrected chi connectivity index (χ1v) is 6.89. The zero-order valence-corrected chi connectivity index (χ0v) is 12.6. The standard InChI is InChI=1S/C16H9Cl2FN2O/c17-13-5-2-6-14(15(13)18)21-16(22)11(9-20)7-10-3-1-4-12(19)8-10/h1-8H,(H,21,22)/b11-7-. The summed E-state index contributed by atoms with van der Waals surface area (Å²) in [5.74, 6) is -1.11. The maximum Gasteiger partial charge on any atom is 0.266 e. The van der Waals surface area contributed by atoms with Crippen molar-refractivity contribution in [1.29, 1.82) is 5.26 Å². The fraction of sp³-hybridized carbons (Fsp3) is 0. The Bertz CT molecular complexity index is 797. The van der Waals surface area contributed by atoms with Gasteiger partial charge in [-0.3, -0.25) is 4.79 Å². The van der Waals surface area contributed by atoms with E-state index in [2.05, 4.69) is 5.32 Å². The van der Waals surface area contributed by atoms with Gasteiger partial charge >= 0.3 is 0 Å². The zero-order valence-electron chi connectivity index (χ0n) is 11.1. The van der Waals surface area contributed by atoms with Crippen LogP contribution in [0, 0.1) is 17.1 Å². The minimum absolute atomic E-state index is 0.179. The summed E-state index contributed by atoms with van der Waals surface area (Å²) >= 11 is 11.8. The Morgan fingerprint density at radius 2 is 1.95 bits per heavy atom. The molecule has 2 aromatic rings. The first-order valence-electron chi connectivity index (χ1n) is 6.14. The summed E-state index contributed by atoms with van der Waals surface area (Å²) in [5.41, 5.74) is 0.519. The van der Waals surface area contributed by atoms with Crippen molar-refractivity contribution in [3.05, 3.63) is 69.5 Å². The average molecular weight is 335 g/mol. The molecule has 6 heteroatoms. The molecule has 0 aliphatic heterocycles. The monoisotopic (exact) mass is 334 g/mol. The van der Waals surface area contributed by atoms with Gasteiger partial charge in [0.15, 0.2) is 0 Å². The van der Waals surface area contributed by atoms with E-state index in [9.17, 15) is 9.18 Å². The molecule has 22 heavy (non-hydrogen) atoms. The predicted molar refractivity (Wildman–Crippen MR) is 85.1 cm³/mol. The molecule has 0 aromatic heterocycles. The van der Waals surface area contributed by atoms with Gasteiger partial charge in [0.1, 0.15) is 17.5 Å². The predicted octanol–water partition coefficient (Wildman–Crippen LogP) is 4.68. The highest BCUT2D eigenvalue weighted by Gasteiger charge is 2.12. The van der Waals surface area contributed by atoms with E-state index in [0.29, 0.717) is 11.3 Å². The second kappa shape index (κ2) is 7.08. The smallest absolute Gasteiger partial charge is 0.266 e. The van der Waals surface area contributed by atoms with Crippen molar-refractivity contribution in [2.75, 3.05) is 5.32 Å². The number of hydrogen-bond donors (Lipinski definition) is 1. The molecule has 1 N–H and O–H groups in total. The molecule has 0 radical (unpaired) electrons. The lowest BCUT2D eigenvalue weighted by atomic mass is 10.1. The van der Waals surface area contributed by atoms with Crippen LogP contribution in [0.2, 0.25) is 10.0 Å². The van der Waals surface area contributed by atoms with E-state index in [1.165, 1.54) is 24.3 Å². The van der Waals surface area contributed by atoms with E-state index < -0.39 is 11.7 Å². The number of nitrogens with one attached hydrogen (secondary N) is 1. The van der Waals surface area contributed by atoms with Gasteiger partial charge in [0.2, 0.25) is 0 Å². The Morgan fingerprint density at radius 1 is 1.23 bits per heavy atom. The molecule has 0 atom stereocenters. The van der Waals surface area contributed by atoms with E-state index in [1.54, 1.807) is 30.3 Å². The number of anilines is 1. The van der Waals surface area contributed by atoms with E-state index in [-0.39, 0.29) is 15.6 Å². The molecule has 2 aromatic carbocycles. The van der Waals surface area contributed by atoms with Crippen LogP contribution in [-0.4, -0.2) is 5.91 Å². The van der Waals surface area contributed by atoms with Crippen LogP contribution < -0.4 is 5.32 Å². The van der Waals surface area contributed by atoms with Gasteiger partial charge in [0, 0.05) is 0 Å². The number of hydrogen-bond acceptors (Lipinski definition) is 2. The lowest BCUT2D eigenvalue weighted by Crippen LogP contribution is -2.13. The Hall–Kier alpha value is -2.35. The number of halogens is 3. The number of nitrogens with zero attached hydrogens (tertiary/aromatic N) is 1. The van der Waals surface area contributed by atoms with Crippen LogP contribution in [0.4, 0.5) is 10.1 Å². The van der Waals surface area contributed by atoms with Gasteiger partial charge in [-0.05, 0) is 35.9 Å². The number of benzene rings is 2. The number of amides is 1. The lowest BCUT2D eigenvalue weighted by Gasteiger charge is -2.07. The molecule has 0 aliphatic carbocycles. The second-order valence-corrected chi connectivity index (χ2v) is 5.07. The van der Waals surface area contributed by atoms with Crippen molar-refractivity contribution in [1.82, 2.24) is 0 Å². The van der Waals surface area contributed by atoms with Gasteiger partial charge in [-0.1, -0.05) is 41.4 Å². The normalized spacial score (nSPS) is 10.9. The molecule has 0 heterocycles. The van der Waals surface area contributed by atoms with E-state index >= 15 is 0 Å². The van der Waals surface area contributed by atoms with Crippen LogP contribution in [-0.2, 0) is 4.79 Å². The first-order chi connectivity index (χ1) is 10.5. The molecule has 0 bridgehead atoms. The maximum absolute atomic E-state index is 13.1. The fourth-order valence-corrected chi connectivity index (χ4v) is 2.05. The van der Waals surface area contributed by atoms with Crippen LogP contribution in [0.15, 0.2) is 48.0 Å². The van der Waals surface area contributed by atoms with Crippen molar-refractivity contribution < 1.29 is 9.18 Å². The van der Waals surface area contributed by atoms with Crippen LogP contribution >= 0.6 is 23.2 Å². The molecule has 0 spiro atoms. The highest BCUT2D eigenvalue weighted by Crippen LogP contribution is 2.29. The average Bonchev–Trinajstić information content (AvgIpc) is 2.49. The SMILES string of the molecule is N#C/C(=C/c1cccc(F)c1)C(=O)Nc1cccc(Cl)c1Cl. The third-order valence-corrected chi connectivity index (χ3v) is 3.54. The van der Waals surface area contributed by atoms with Crippen LogP contribution in [0.25, 0.3) is 6.08 Å². The molecular formula is C16H9Cl2FN2O. The molecular weight excluding hydrogens is 326 g/mol. The van der Waals surface area contributed by atoms with Gasteiger partial charge in [-0.2, -0.15) is 5.26 Å². The van der Waals surface area contributed by atoms with E-state index in [0.717, 1.165) is 0 Å².